The first-order chi connectivity index (χ1) is 9.54. The van der Waals surface area contributed by atoms with E-state index in [1.54, 1.807) is 30.3 Å². The van der Waals surface area contributed by atoms with Gasteiger partial charge in [0.05, 0.1) is 27.5 Å². The average molecular weight is 286 g/mol. The molecule has 2 aromatic rings. The van der Waals surface area contributed by atoms with Crippen LogP contribution in [0.3, 0.4) is 0 Å². The third kappa shape index (κ3) is 2.58. The van der Waals surface area contributed by atoms with E-state index in [0.717, 1.165) is 5.56 Å². The molecule has 4 nitrogen and oxygen atoms in total. The number of nitrogen functional groups attached to an aromatic ring is 1. The molecule has 0 aliphatic rings. The minimum Gasteiger partial charge on any atom is -0.397 e. The van der Waals surface area contributed by atoms with Crippen LogP contribution in [0, 0.1) is 18.3 Å². The maximum absolute atomic E-state index is 12.2. The second-order valence-corrected chi connectivity index (χ2v) is 4.67. The van der Waals surface area contributed by atoms with Crippen molar-refractivity contribution in [1.82, 2.24) is 0 Å². The minimum atomic E-state index is -0.396. The van der Waals surface area contributed by atoms with Gasteiger partial charge in [-0.25, -0.2) is 0 Å². The number of rotatable bonds is 2. The van der Waals surface area contributed by atoms with Crippen molar-refractivity contribution in [1.29, 1.82) is 5.26 Å². The summed E-state index contributed by atoms with van der Waals surface area (Å²) in [6.45, 7) is 1.81. The maximum Gasteiger partial charge on any atom is 0.257 e. The number of nitrogens with two attached hydrogens (primary N) is 1. The first-order valence-corrected chi connectivity index (χ1v) is 6.27. The molecule has 1 amide bonds. The second kappa shape index (κ2) is 5.64. The molecule has 0 atom stereocenters. The van der Waals surface area contributed by atoms with E-state index < -0.39 is 5.91 Å². The fourth-order valence-electron chi connectivity index (χ4n) is 1.85. The molecule has 2 aromatic carbocycles. The number of amides is 1. The normalized spacial score (nSPS) is 9.85. The predicted molar refractivity (Wildman–Crippen MR) is 79.7 cm³/mol. The lowest BCUT2D eigenvalue weighted by atomic mass is 10.1. The van der Waals surface area contributed by atoms with E-state index in [4.69, 9.17) is 22.6 Å². The topological polar surface area (TPSA) is 78.9 Å². The molecule has 0 unspecified atom stereocenters. The molecule has 2 rings (SSSR count). The third-order valence-corrected chi connectivity index (χ3v) is 3.26. The smallest absolute Gasteiger partial charge is 0.257 e. The highest BCUT2D eigenvalue weighted by Crippen LogP contribution is 2.24. The van der Waals surface area contributed by atoms with Crippen molar-refractivity contribution in [3.63, 3.8) is 0 Å². The fraction of sp³-hybridized carbons (Fsp3) is 0.0667. The molecule has 0 aliphatic heterocycles. The van der Waals surface area contributed by atoms with Crippen LogP contribution >= 0.6 is 11.6 Å². The summed E-state index contributed by atoms with van der Waals surface area (Å²) in [5.41, 5.74) is 7.96. The molecule has 0 radical (unpaired) electrons. The van der Waals surface area contributed by atoms with Crippen molar-refractivity contribution in [3.05, 3.63) is 58.1 Å². The second-order valence-electron chi connectivity index (χ2n) is 4.26. The van der Waals surface area contributed by atoms with E-state index in [0.29, 0.717) is 16.3 Å². The van der Waals surface area contributed by atoms with Gasteiger partial charge in [0.15, 0.2) is 0 Å². The predicted octanol–water partition coefficient (Wildman–Crippen LogP) is 3.35. The largest absolute Gasteiger partial charge is 0.397 e. The van der Waals surface area contributed by atoms with Crippen LogP contribution in [0.25, 0.3) is 0 Å². The number of para-hydroxylation sites is 1. The monoisotopic (exact) mass is 285 g/mol. The summed E-state index contributed by atoms with van der Waals surface area (Å²) in [4.78, 5) is 12.2. The number of nitrogens with zero attached hydrogens (tertiary/aromatic N) is 1. The number of nitrogens with one attached hydrogen (secondary N) is 1. The maximum atomic E-state index is 12.2. The number of hydrogen-bond acceptors (Lipinski definition) is 3. The summed E-state index contributed by atoms with van der Waals surface area (Å²) < 4.78 is 0. The molecule has 0 aliphatic carbocycles. The lowest BCUT2D eigenvalue weighted by Gasteiger charge is -2.10. The molecule has 3 N–H and O–H groups in total. The van der Waals surface area contributed by atoms with Gasteiger partial charge < -0.3 is 11.1 Å². The van der Waals surface area contributed by atoms with E-state index in [-0.39, 0.29) is 11.3 Å². The first-order valence-electron chi connectivity index (χ1n) is 5.89. The Hall–Kier alpha value is -2.51. The number of halogens is 1. The number of hydrogen-bond donors (Lipinski definition) is 2. The zero-order valence-corrected chi connectivity index (χ0v) is 11.5. The van der Waals surface area contributed by atoms with Crippen LogP contribution in [0.4, 0.5) is 11.4 Å². The fourth-order valence-corrected chi connectivity index (χ4v) is 2.02. The summed E-state index contributed by atoms with van der Waals surface area (Å²) in [5.74, 6) is -0.396. The van der Waals surface area contributed by atoms with Crippen LogP contribution in [0.1, 0.15) is 21.5 Å². The molecule has 0 aromatic heterocycles. The van der Waals surface area contributed by atoms with Gasteiger partial charge in [-0.2, -0.15) is 5.26 Å². The first kappa shape index (κ1) is 13.9. The van der Waals surface area contributed by atoms with E-state index in [2.05, 4.69) is 11.4 Å². The van der Waals surface area contributed by atoms with Gasteiger partial charge in [-0.15, -0.1) is 0 Å². The number of carbonyl (C=O) groups excluding carboxylic acids is 1. The Morgan fingerprint density at radius 2 is 2.00 bits per heavy atom. The summed E-state index contributed by atoms with van der Waals surface area (Å²) in [6, 6.07) is 12.2. The lowest BCUT2D eigenvalue weighted by molar-refractivity contribution is 0.102. The van der Waals surface area contributed by atoms with Crippen LogP contribution in [0.5, 0.6) is 0 Å². The molecular weight excluding hydrogens is 274 g/mol. The molecule has 0 saturated heterocycles. The van der Waals surface area contributed by atoms with Crippen LogP contribution in [0.15, 0.2) is 36.4 Å². The van der Waals surface area contributed by atoms with Gasteiger partial charge in [-0.05, 0) is 30.7 Å². The van der Waals surface area contributed by atoms with Crippen molar-refractivity contribution < 1.29 is 4.79 Å². The van der Waals surface area contributed by atoms with Gasteiger partial charge >= 0.3 is 0 Å². The zero-order valence-electron chi connectivity index (χ0n) is 10.8. The zero-order chi connectivity index (χ0) is 14.7. The summed E-state index contributed by atoms with van der Waals surface area (Å²) in [6.07, 6.45) is 0. The molecule has 0 fully saturated rings. The van der Waals surface area contributed by atoms with E-state index in [1.807, 2.05) is 13.0 Å². The number of anilines is 2. The lowest BCUT2D eigenvalue weighted by Crippen LogP contribution is -2.15. The molecule has 20 heavy (non-hydrogen) atoms. The Balaban J connectivity index is 2.36. The van der Waals surface area contributed by atoms with Crippen molar-refractivity contribution in [2.45, 2.75) is 6.92 Å². The Labute approximate surface area is 121 Å². The highest BCUT2D eigenvalue weighted by atomic mass is 35.5. The SMILES string of the molecule is Cc1cccc(NC(=O)c2cccc(Cl)c2N)c1C#N. The molecule has 0 heterocycles. The van der Waals surface area contributed by atoms with E-state index in [1.165, 1.54) is 0 Å². The van der Waals surface area contributed by atoms with Crippen LogP contribution in [0.2, 0.25) is 5.02 Å². The van der Waals surface area contributed by atoms with Gasteiger partial charge in [-0.3, -0.25) is 4.79 Å². The van der Waals surface area contributed by atoms with Crippen molar-refractivity contribution in [3.8, 4) is 6.07 Å². The standard InChI is InChI=1S/C15H12ClN3O/c1-9-4-2-7-13(11(9)8-17)19-15(20)10-5-3-6-12(16)14(10)18/h2-7H,18H2,1H3,(H,19,20). The molecule has 0 spiro atoms. The number of aryl methyl sites for hydroxylation is 1. The van der Waals surface area contributed by atoms with Gasteiger partial charge in [0.2, 0.25) is 0 Å². The van der Waals surface area contributed by atoms with Crippen LogP contribution in [-0.4, -0.2) is 5.91 Å². The molecule has 5 heteroatoms. The van der Waals surface area contributed by atoms with Crippen molar-refractivity contribution in [2.24, 2.45) is 0 Å². The van der Waals surface area contributed by atoms with Crippen LogP contribution < -0.4 is 11.1 Å². The van der Waals surface area contributed by atoms with E-state index >= 15 is 0 Å². The Morgan fingerprint density at radius 3 is 2.70 bits per heavy atom. The summed E-state index contributed by atoms with van der Waals surface area (Å²) in [5, 5.41) is 12.1. The number of carbonyl (C=O) groups is 1. The van der Waals surface area contributed by atoms with Crippen molar-refractivity contribution >= 4 is 28.9 Å². The molecular formula is C15H12ClN3O. The highest BCUT2D eigenvalue weighted by Gasteiger charge is 2.14. The quantitative estimate of drug-likeness (QED) is 0.831. The Morgan fingerprint density at radius 1 is 1.30 bits per heavy atom. The molecule has 0 saturated carbocycles. The van der Waals surface area contributed by atoms with Crippen LogP contribution in [-0.2, 0) is 0 Å². The van der Waals surface area contributed by atoms with Crippen molar-refractivity contribution in [2.75, 3.05) is 11.1 Å². The number of benzene rings is 2. The van der Waals surface area contributed by atoms with Gasteiger partial charge in [0.1, 0.15) is 6.07 Å². The van der Waals surface area contributed by atoms with Gasteiger partial charge in [0, 0.05) is 0 Å². The minimum absolute atomic E-state index is 0.220. The Bertz CT molecular complexity index is 720. The highest BCUT2D eigenvalue weighted by molar-refractivity contribution is 6.34. The average Bonchev–Trinajstić information content (AvgIpc) is 2.42. The Kier molecular flexibility index (Phi) is 3.92. The summed E-state index contributed by atoms with van der Waals surface area (Å²) in [7, 11) is 0. The molecule has 100 valence electrons. The molecule has 0 bridgehead atoms. The van der Waals surface area contributed by atoms with E-state index in [9.17, 15) is 4.79 Å². The van der Waals surface area contributed by atoms with Gasteiger partial charge in [0.25, 0.3) is 5.91 Å². The number of nitriles is 1. The third-order valence-electron chi connectivity index (χ3n) is 2.93. The van der Waals surface area contributed by atoms with Gasteiger partial charge in [-0.1, -0.05) is 29.8 Å². The summed E-state index contributed by atoms with van der Waals surface area (Å²) >= 11 is 5.89.